The van der Waals surface area contributed by atoms with Gasteiger partial charge in [-0.25, -0.2) is 0 Å². The van der Waals surface area contributed by atoms with Crippen molar-refractivity contribution in [3.05, 3.63) is 29.8 Å². The van der Waals surface area contributed by atoms with E-state index in [1.807, 2.05) is 12.1 Å². The molecule has 0 aromatic heterocycles. The van der Waals surface area contributed by atoms with E-state index < -0.39 is 0 Å². The minimum Gasteiger partial charge on any atom is -0.399 e. The summed E-state index contributed by atoms with van der Waals surface area (Å²) in [5.41, 5.74) is 7.91. The zero-order valence-electron chi connectivity index (χ0n) is 8.87. The van der Waals surface area contributed by atoms with Gasteiger partial charge in [-0.1, -0.05) is 12.1 Å². The van der Waals surface area contributed by atoms with Crippen molar-refractivity contribution in [3.8, 4) is 0 Å². The number of benzene rings is 1. The first-order valence-electron chi connectivity index (χ1n) is 5.36. The van der Waals surface area contributed by atoms with Gasteiger partial charge in [0.1, 0.15) is 0 Å². The Balaban J connectivity index is 1.88. The molecule has 0 amide bonds. The van der Waals surface area contributed by atoms with Crippen LogP contribution in [-0.2, 0) is 6.42 Å². The molecule has 2 nitrogen and oxygen atoms in total. The number of hydrogen-bond donors (Lipinski definition) is 1. The van der Waals surface area contributed by atoms with Crippen LogP contribution in [0.5, 0.6) is 0 Å². The van der Waals surface area contributed by atoms with Crippen LogP contribution < -0.4 is 5.73 Å². The van der Waals surface area contributed by atoms with Gasteiger partial charge in [0.15, 0.2) is 0 Å². The van der Waals surface area contributed by atoms with Crippen molar-refractivity contribution in [2.45, 2.75) is 12.8 Å². The molecule has 2 rings (SSSR count). The third-order valence-electron chi connectivity index (χ3n) is 3.32. The third kappa shape index (κ3) is 2.07. The smallest absolute Gasteiger partial charge is 0.0839 e. The molecule has 2 N–H and O–H groups in total. The molecule has 0 atom stereocenters. The van der Waals surface area contributed by atoms with Crippen LogP contribution in [0.3, 0.4) is 0 Å². The summed E-state index contributed by atoms with van der Waals surface area (Å²) in [4.78, 5) is 0. The molecule has 0 saturated carbocycles. The molecular formula is C12H19N2+. The number of likely N-dealkylation sites (tertiary alicyclic amines) is 1. The van der Waals surface area contributed by atoms with Crippen LogP contribution in [0.4, 0.5) is 5.69 Å². The molecule has 0 radical (unpaired) electrons. The summed E-state index contributed by atoms with van der Waals surface area (Å²) in [6.07, 6.45) is 2.58. The highest BCUT2D eigenvalue weighted by molar-refractivity contribution is 5.39. The highest BCUT2D eigenvalue weighted by atomic mass is 15.4. The zero-order valence-corrected chi connectivity index (χ0v) is 8.87. The van der Waals surface area contributed by atoms with Gasteiger partial charge < -0.3 is 10.2 Å². The Hall–Kier alpha value is -1.02. The van der Waals surface area contributed by atoms with Crippen LogP contribution in [0.15, 0.2) is 24.3 Å². The van der Waals surface area contributed by atoms with E-state index in [4.69, 9.17) is 5.73 Å². The molecular weight excluding hydrogens is 172 g/mol. The van der Waals surface area contributed by atoms with Gasteiger partial charge in [-0.15, -0.1) is 0 Å². The fourth-order valence-electron chi connectivity index (χ4n) is 2.00. The molecule has 2 heteroatoms. The van der Waals surface area contributed by atoms with Crippen molar-refractivity contribution >= 4 is 5.69 Å². The maximum Gasteiger partial charge on any atom is 0.0839 e. The first-order valence-corrected chi connectivity index (χ1v) is 5.36. The lowest BCUT2D eigenvalue weighted by Crippen LogP contribution is -2.55. The quantitative estimate of drug-likeness (QED) is 0.570. The van der Waals surface area contributed by atoms with Gasteiger partial charge in [-0.2, -0.15) is 0 Å². The van der Waals surface area contributed by atoms with Crippen molar-refractivity contribution in [1.29, 1.82) is 0 Å². The number of nitrogen functional groups attached to an aromatic ring is 1. The largest absolute Gasteiger partial charge is 0.399 e. The van der Waals surface area contributed by atoms with E-state index in [1.165, 1.54) is 42.5 Å². The number of nitrogens with two attached hydrogens (primary N) is 1. The molecule has 0 spiro atoms. The van der Waals surface area contributed by atoms with Gasteiger partial charge in [-0.3, -0.25) is 0 Å². The minimum absolute atomic E-state index is 0.859. The Kier molecular flexibility index (Phi) is 2.46. The maximum atomic E-state index is 5.64. The second-order valence-corrected chi connectivity index (χ2v) is 4.64. The second kappa shape index (κ2) is 3.62. The lowest BCUT2D eigenvalue weighted by Gasteiger charge is -2.42. The van der Waals surface area contributed by atoms with Crippen LogP contribution in [0.1, 0.15) is 12.0 Å². The highest BCUT2D eigenvalue weighted by Gasteiger charge is 2.29. The van der Waals surface area contributed by atoms with E-state index in [0.29, 0.717) is 0 Å². The molecule has 0 bridgehead atoms. The number of quaternary nitrogens is 1. The van der Waals surface area contributed by atoms with Gasteiger partial charge in [0.25, 0.3) is 0 Å². The molecule has 0 unspecified atom stereocenters. The first-order chi connectivity index (χ1) is 6.68. The molecule has 1 heterocycles. The summed E-state index contributed by atoms with van der Waals surface area (Å²) in [6.45, 7) is 3.98. The number of likely N-dealkylation sites (N-methyl/N-ethyl adjacent to an activating group) is 1. The standard InChI is InChI=1S/C12H19N2/c1-14(8-2-9-14)10-7-11-3-5-12(13)6-4-11/h3-6H,2,7-10,13H2,1H3/q+1. The number of rotatable bonds is 3. The lowest BCUT2D eigenvalue weighted by atomic mass is 10.1. The molecule has 1 fully saturated rings. The molecule has 14 heavy (non-hydrogen) atoms. The molecule has 0 aliphatic carbocycles. The monoisotopic (exact) mass is 191 g/mol. The van der Waals surface area contributed by atoms with Crippen LogP contribution in [0.2, 0.25) is 0 Å². The Morgan fingerprint density at radius 1 is 1.21 bits per heavy atom. The average Bonchev–Trinajstić information content (AvgIpc) is 2.14. The van der Waals surface area contributed by atoms with Crippen LogP contribution in [0.25, 0.3) is 0 Å². The number of anilines is 1. The van der Waals surface area contributed by atoms with E-state index in [2.05, 4.69) is 19.2 Å². The van der Waals surface area contributed by atoms with Gasteiger partial charge in [0.2, 0.25) is 0 Å². The lowest BCUT2D eigenvalue weighted by molar-refractivity contribution is -0.945. The van der Waals surface area contributed by atoms with E-state index in [0.717, 1.165) is 5.69 Å². The highest BCUT2D eigenvalue weighted by Crippen LogP contribution is 2.17. The van der Waals surface area contributed by atoms with E-state index in [1.54, 1.807) is 0 Å². The predicted octanol–water partition coefficient (Wildman–Crippen LogP) is 1.66. The Labute approximate surface area is 85.9 Å². The summed E-state index contributed by atoms with van der Waals surface area (Å²) in [5, 5.41) is 0. The van der Waals surface area contributed by atoms with Crippen molar-refractivity contribution in [2.75, 3.05) is 32.4 Å². The van der Waals surface area contributed by atoms with E-state index >= 15 is 0 Å². The van der Waals surface area contributed by atoms with Gasteiger partial charge in [0.05, 0.1) is 26.7 Å². The summed E-state index contributed by atoms with van der Waals surface area (Å²) in [5.74, 6) is 0. The Bertz CT molecular complexity index is 299. The average molecular weight is 191 g/mol. The molecule has 1 aliphatic rings. The van der Waals surface area contributed by atoms with Gasteiger partial charge >= 0.3 is 0 Å². The van der Waals surface area contributed by atoms with Crippen LogP contribution in [0, 0.1) is 0 Å². The Morgan fingerprint density at radius 2 is 1.86 bits per heavy atom. The molecule has 1 aliphatic heterocycles. The number of nitrogens with zero attached hydrogens (tertiary/aromatic N) is 1. The summed E-state index contributed by atoms with van der Waals surface area (Å²) in [6, 6.07) is 8.26. The molecule has 76 valence electrons. The van der Waals surface area contributed by atoms with Crippen LogP contribution >= 0.6 is 0 Å². The van der Waals surface area contributed by atoms with Crippen molar-refractivity contribution in [2.24, 2.45) is 0 Å². The Morgan fingerprint density at radius 3 is 2.36 bits per heavy atom. The van der Waals surface area contributed by atoms with Crippen molar-refractivity contribution < 1.29 is 4.48 Å². The summed E-state index contributed by atoms with van der Waals surface area (Å²) in [7, 11) is 2.35. The molecule has 1 saturated heterocycles. The van der Waals surface area contributed by atoms with Gasteiger partial charge in [-0.05, 0) is 17.7 Å². The van der Waals surface area contributed by atoms with Gasteiger partial charge in [0, 0.05) is 18.5 Å². The normalized spacial score (nSPS) is 18.9. The summed E-state index contributed by atoms with van der Waals surface area (Å²) >= 11 is 0. The van der Waals surface area contributed by atoms with E-state index in [-0.39, 0.29) is 0 Å². The second-order valence-electron chi connectivity index (χ2n) is 4.64. The maximum absolute atomic E-state index is 5.64. The first kappa shape index (κ1) is 9.53. The molecule has 1 aromatic rings. The minimum atomic E-state index is 0.859. The fraction of sp³-hybridized carbons (Fsp3) is 0.500. The van der Waals surface area contributed by atoms with E-state index in [9.17, 15) is 0 Å². The number of hydrogen-bond acceptors (Lipinski definition) is 1. The van der Waals surface area contributed by atoms with Crippen LogP contribution in [-0.4, -0.2) is 31.2 Å². The topological polar surface area (TPSA) is 26.0 Å². The van der Waals surface area contributed by atoms with Crippen molar-refractivity contribution in [3.63, 3.8) is 0 Å². The summed E-state index contributed by atoms with van der Waals surface area (Å²) < 4.78 is 1.25. The third-order valence-corrected chi connectivity index (χ3v) is 3.32. The SMILES string of the molecule is C[N+]1(CCc2ccc(N)cc2)CCC1. The molecule has 1 aromatic carbocycles. The van der Waals surface area contributed by atoms with Crippen molar-refractivity contribution in [1.82, 2.24) is 0 Å². The predicted molar refractivity (Wildman–Crippen MR) is 60.0 cm³/mol. The fourth-order valence-corrected chi connectivity index (χ4v) is 2.00. The zero-order chi connectivity index (χ0) is 10.0.